The van der Waals surface area contributed by atoms with Crippen molar-refractivity contribution >= 4 is 15.7 Å². The molecule has 1 amide bonds. The fourth-order valence-electron chi connectivity index (χ4n) is 2.22. The first kappa shape index (κ1) is 11.9. The summed E-state index contributed by atoms with van der Waals surface area (Å²) in [6.45, 7) is 2.46. The number of carbonyl (C=O) groups excluding carboxylic acids is 1. The molecule has 5 nitrogen and oxygen atoms in total. The lowest BCUT2D eigenvalue weighted by Crippen LogP contribution is -2.41. The monoisotopic (exact) mass is 247 g/mol. The highest BCUT2D eigenvalue weighted by Crippen LogP contribution is 2.22. The number of nitrogens with zero attached hydrogens (tertiary/aromatic N) is 1. The van der Waals surface area contributed by atoms with Gasteiger partial charge in [0.1, 0.15) is 0 Å². The van der Waals surface area contributed by atoms with Crippen LogP contribution in [0.4, 0.5) is 0 Å². The van der Waals surface area contributed by atoms with Gasteiger partial charge in [-0.15, -0.1) is 0 Å². The van der Waals surface area contributed by atoms with Crippen molar-refractivity contribution in [1.29, 1.82) is 0 Å². The number of ether oxygens (including phenoxy) is 1. The van der Waals surface area contributed by atoms with Crippen LogP contribution in [0.15, 0.2) is 0 Å². The number of hydrogen-bond donors (Lipinski definition) is 0. The second-order valence-corrected chi connectivity index (χ2v) is 6.70. The highest BCUT2D eigenvalue weighted by Gasteiger charge is 2.30. The molecule has 0 aliphatic carbocycles. The molecule has 2 fully saturated rings. The molecule has 2 saturated heterocycles. The Morgan fingerprint density at radius 3 is 2.56 bits per heavy atom. The van der Waals surface area contributed by atoms with E-state index in [1.165, 1.54) is 0 Å². The molecule has 0 aromatic rings. The minimum Gasteiger partial charge on any atom is -0.378 e. The lowest BCUT2D eigenvalue weighted by Gasteiger charge is -2.27. The number of carbonyl (C=O) groups is 1. The second-order valence-electron chi connectivity index (χ2n) is 4.47. The highest BCUT2D eigenvalue weighted by atomic mass is 32.2. The molecular weight excluding hydrogens is 230 g/mol. The molecule has 16 heavy (non-hydrogen) atoms. The molecule has 0 unspecified atom stereocenters. The van der Waals surface area contributed by atoms with Gasteiger partial charge in [-0.05, 0) is 12.3 Å². The number of morpholine rings is 1. The number of rotatable bonds is 2. The first-order valence-electron chi connectivity index (χ1n) is 5.63. The van der Waals surface area contributed by atoms with Crippen molar-refractivity contribution < 1.29 is 17.9 Å². The molecule has 92 valence electrons. The number of amides is 1. The van der Waals surface area contributed by atoms with E-state index in [-0.39, 0.29) is 23.3 Å². The molecule has 2 rings (SSSR count). The summed E-state index contributed by atoms with van der Waals surface area (Å²) in [5.74, 6) is 0.530. The highest BCUT2D eigenvalue weighted by molar-refractivity contribution is 7.91. The molecule has 0 N–H and O–H groups in total. The summed E-state index contributed by atoms with van der Waals surface area (Å²) in [6, 6.07) is 0. The summed E-state index contributed by atoms with van der Waals surface area (Å²) in [7, 11) is -2.87. The van der Waals surface area contributed by atoms with E-state index in [0.717, 1.165) is 0 Å². The lowest BCUT2D eigenvalue weighted by molar-refractivity contribution is -0.136. The molecule has 0 spiro atoms. The van der Waals surface area contributed by atoms with Crippen molar-refractivity contribution in [2.45, 2.75) is 12.8 Å². The third kappa shape index (κ3) is 2.95. The van der Waals surface area contributed by atoms with E-state index >= 15 is 0 Å². The largest absolute Gasteiger partial charge is 0.378 e. The molecular formula is C10H17NO4S. The van der Waals surface area contributed by atoms with Gasteiger partial charge >= 0.3 is 0 Å². The van der Waals surface area contributed by atoms with E-state index in [0.29, 0.717) is 39.1 Å². The second kappa shape index (κ2) is 4.71. The first-order valence-corrected chi connectivity index (χ1v) is 7.45. The molecule has 6 heteroatoms. The van der Waals surface area contributed by atoms with E-state index < -0.39 is 9.84 Å². The molecule has 1 atom stereocenters. The maximum Gasteiger partial charge on any atom is 0.223 e. The van der Waals surface area contributed by atoms with Crippen molar-refractivity contribution in [3.8, 4) is 0 Å². The summed E-state index contributed by atoms with van der Waals surface area (Å²) in [5.41, 5.74) is 0. The van der Waals surface area contributed by atoms with Gasteiger partial charge in [0, 0.05) is 19.5 Å². The zero-order valence-corrected chi connectivity index (χ0v) is 10.0. The first-order chi connectivity index (χ1) is 7.57. The zero-order chi connectivity index (χ0) is 11.6. The maximum atomic E-state index is 11.8. The van der Waals surface area contributed by atoms with Crippen molar-refractivity contribution in [2.24, 2.45) is 5.92 Å². The van der Waals surface area contributed by atoms with Gasteiger partial charge in [-0.3, -0.25) is 4.79 Å². The van der Waals surface area contributed by atoms with Crippen LogP contribution in [0.1, 0.15) is 12.8 Å². The Kier molecular flexibility index (Phi) is 3.49. The fourth-order valence-corrected chi connectivity index (χ4v) is 4.08. The van der Waals surface area contributed by atoms with Gasteiger partial charge in [0.05, 0.1) is 24.7 Å². The molecule has 0 bridgehead atoms. The average molecular weight is 247 g/mol. The predicted molar refractivity (Wildman–Crippen MR) is 58.8 cm³/mol. The number of sulfone groups is 1. The summed E-state index contributed by atoms with van der Waals surface area (Å²) in [5, 5.41) is 0. The summed E-state index contributed by atoms with van der Waals surface area (Å²) >= 11 is 0. The van der Waals surface area contributed by atoms with Gasteiger partial charge in [-0.1, -0.05) is 0 Å². The predicted octanol–water partition coefficient (Wildman–Crippen LogP) is -0.330. The van der Waals surface area contributed by atoms with Crippen LogP contribution in [-0.4, -0.2) is 57.0 Å². The van der Waals surface area contributed by atoms with Crippen molar-refractivity contribution in [3.63, 3.8) is 0 Å². The van der Waals surface area contributed by atoms with Crippen LogP contribution < -0.4 is 0 Å². The Bertz CT molecular complexity index is 359. The topological polar surface area (TPSA) is 63.7 Å². The van der Waals surface area contributed by atoms with E-state index in [1.807, 2.05) is 0 Å². The molecule has 2 aliphatic heterocycles. The minimum atomic E-state index is -2.87. The fraction of sp³-hybridized carbons (Fsp3) is 0.900. The van der Waals surface area contributed by atoms with E-state index in [4.69, 9.17) is 4.74 Å². The van der Waals surface area contributed by atoms with E-state index in [1.54, 1.807) is 4.90 Å². The lowest BCUT2D eigenvalue weighted by atomic mass is 10.0. The van der Waals surface area contributed by atoms with Gasteiger partial charge in [-0.2, -0.15) is 0 Å². The molecule has 0 radical (unpaired) electrons. The molecule has 2 heterocycles. The third-order valence-corrected chi connectivity index (χ3v) is 4.99. The van der Waals surface area contributed by atoms with Gasteiger partial charge in [0.2, 0.25) is 5.91 Å². The Labute approximate surface area is 95.7 Å². The summed E-state index contributed by atoms with van der Waals surface area (Å²) < 4.78 is 27.7. The SMILES string of the molecule is O=C(C[C@@H]1CCS(=O)(=O)C1)N1CCOCC1. The molecule has 0 aromatic carbocycles. The van der Waals surface area contributed by atoms with Crippen LogP contribution >= 0.6 is 0 Å². The molecule has 0 saturated carbocycles. The average Bonchev–Trinajstić information content (AvgIpc) is 2.59. The van der Waals surface area contributed by atoms with Crippen LogP contribution in [-0.2, 0) is 19.4 Å². The van der Waals surface area contributed by atoms with Crippen LogP contribution in [0.25, 0.3) is 0 Å². The van der Waals surface area contributed by atoms with Crippen molar-refractivity contribution in [2.75, 3.05) is 37.8 Å². The van der Waals surface area contributed by atoms with Crippen molar-refractivity contribution in [3.05, 3.63) is 0 Å². The van der Waals surface area contributed by atoms with Gasteiger partial charge in [0.25, 0.3) is 0 Å². The summed E-state index contributed by atoms with van der Waals surface area (Å²) in [6.07, 6.45) is 1.01. The Balaban J connectivity index is 1.83. The Morgan fingerprint density at radius 1 is 1.31 bits per heavy atom. The quantitative estimate of drug-likeness (QED) is 0.670. The van der Waals surface area contributed by atoms with Gasteiger partial charge < -0.3 is 9.64 Å². The smallest absolute Gasteiger partial charge is 0.223 e. The van der Waals surface area contributed by atoms with Crippen molar-refractivity contribution in [1.82, 2.24) is 4.90 Å². The maximum absolute atomic E-state index is 11.8. The number of hydrogen-bond acceptors (Lipinski definition) is 4. The van der Waals surface area contributed by atoms with E-state index in [2.05, 4.69) is 0 Å². The minimum absolute atomic E-state index is 0.0281. The standard InChI is InChI=1S/C10H17NO4S/c12-10(11-2-4-15-5-3-11)7-9-1-6-16(13,14)8-9/h9H,1-8H2/t9-/m0/s1. The summed E-state index contributed by atoms with van der Waals surface area (Å²) in [4.78, 5) is 13.6. The molecule has 2 aliphatic rings. The van der Waals surface area contributed by atoms with E-state index in [9.17, 15) is 13.2 Å². The van der Waals surface area contributed by atoms with Crippen LogP contribution in [0.3, 0.4) is 0 Å². The Hall–Kier alpha value is -0.620. The van der Waals surface area contributed by atoms with Crippen LogP contribution in [0.2, 0.25) is 0 Å². The third-order valence-electron chi connectivity index (χ3n) is 3.15. The van der Waals surface area contributed by atoms with Gasteiger partial charge in [0.15, 0.2) is 9.84 Å². The van der Waals surface area contributed by atoms with Crippen LogP contribution in [0, 0.1) is 5.92 Å². The zero-order valence-electron chi connectivity index (χ0n) is 9.22. The van der Waals surface area contributed by atoms with Gasteiger partial charge in [-0.25, -0.2) is 8.42 Å². The van der Waals surface area contributed by atoms with Crippen LogP contribution in [0.5, 0.6) is 0 Å². The molecule has 0 aromatic heterocycles. The normalized spacial score (nSPS) is 29.2. The Morgan fingerprint density at radius 2 is 2.00 bits per heavy atom.